The number of fused-ring (bicyclic) bond motifs is 1. The van der Waals surface area contributed by atoms with Crippen LogP contribution in [0.5, 0.6) is 0 Å². The summed E-state index contributed by atoms with van der Waals surface area (Å²) in [5.74, 6) is 0. The highest BCUT2D eigenvalue weighted by Crippen LogP contribution is 2.32. The molecule has 0 aliphatic heterocycles. The summed E-state index contributed by atoms with van der Waals surface area (Å²) in [6.45, 7) is 0. The number of nitrogens with zero attached hydrogens (tertiary/aromatic N) is 1. The number of alkyl halides is 1. The number of rotatable bonds is 3. The summed E-state index contributed by atoms with van der Waals surface area (Å²) >= 11 is 13.6. The Balaban J connectivity index is 1.87. The molecule has 0 N–H and O–H groups in total. The maximum absolute atomic E-state index is 6.56. The summed E-state index contributed by atoms with van der Waals surface area (Å²) in [7, 11) is 0. The van der Waals surface area contributed by atoms with Crippen molar-refractivity contribution in [3.05, 3.63) is 74.8 Å². The lowest BCUT2D eigenvalue weighted by Crippen LogP contribution is -1.99. The van der Waals surface area contributed by atoms with Crippen molar-refractivity contribution in [3.8, 4) is 0 Å². The maximum Gasteiger partial charge on any atom is 0.0705 e. The second kappa shape index (κ2) is 6.47. The van der Waals surface area contributed by atoms with Gasteiger partial charge in [0, 0.05) is 26.4 Å². The van der Waals surface area contributed by atoms with Gasteiger partial charge in [-0.3, -0.25) is 4.98 Å². The third-order valence-electron chi connectivity index (χ3n) is 3.34. The molecule has 0 radical (unpaired) electrons. The lowest BCUT2D eigenvalue weighted by atomic mass is 10.1. The average Bonchev–Trinajstić information content (AvgIpc) is 2.47. The molecular formula is C17H12Br2ClN. The van der Waals surface area contributed by atoms with Crippen molar-refractivity contribution in [1.82, 2.24) is 4.98 Å². The highest BCUT2D eigenvalue weighted by Gasteiger charge is 2.13. The van der Waals surface area contributed by atoms with E-state index < -0.39 is 0 Å². The molecule has 1 unspecified atom stereocenters. The van der Waals surface area contributed by atoms with Gasteiger partial charge >= 0.3 is 0 Å². The van der Waals surface area contributed by atoms with Crippen LogP contribution in [0, 0.1) is 0 Å². The zero-order valence-electron chi connectivity index (χ0n) is 11.1. The third kappa shape index (κ3) is 3.47. The zero-order valence-corrected chi connectivity index (χ0v) is 15.0. The predicted molar refractivity (Wildman–Crippen MR) is 95.9 cm³/mol. The second-order valence-electron chi connectivity index (χ2n) is 4.83. The SMILES string of the molecule is ClC(Cc1ccc2ccccc2n1)c1ccc(Br)cc1Br. The van der Waals surface area contributed by atoms with Crippen LogP contribution >= 0.6 is 43.5 Å². The van der Waals surface area contributed by atoms with Gasteiger partial charge in [0.25, 0.3) is 0 Å². The van der Waals surface area contributed by atoms with Crippen LogP contribution in [0.4, 0.5) is 0 Å². The van der Waals surface area contributed by atoms with E-state index in [9.17, 15) is 0 Å². The zero-order chi connectivity index (χ0) is 14.8. The molecule has 106 valence electrons. The van der Waals surface area contributed by atoms with Crippen LogP contribution in [-0.4, -0.2) is 4.98 Å². The maximum atomic E-state index is 6.56. The van der Waals surface area contributed by atoms with Crippen molar-refractivity contribution in [2.75, 3.05) is 0 Å². The van der Waals surface area contributed by atoms with Crippen molar-refractivity contribution in [2.24, 2.45) is 0 Å². The van der Waals surface area contributed by atoms with Gasteiger partial charge in [-0.25, -0.2) is 0 Å². The van der Waals surface area contributed by atoms with Crippen molar-refractivity contribution in [2.45, 2.75) is 11.8 Å². The molecule has 0 aliphatic rings. The van der Waals surface area contributed by atoms with E-state index in [0.717, 1.165) is 31.1 Å². The van der Waals surface area contributed by atoms with Crippen LogP contribution in [0.25, 0.3) is 10.9 Å². The van der Waals surface area contributed by atoms with Gasteiger partial charge in [-0.1, -0.05) is 62.2 Å². The largest absolute Gasteiger partial charge is 0.253 e. The van der Waals surface area contributed by atoms with Crippen molar-refractivity contribution in [3.63, 3.8) is 0 Å². The predicted octanol–water partition coefficient (Wildman–Crippen LogP) is 6.28. The summed E-state index contributed by atoms with van der Waals surface area (Å²) in [5.41, 5.74) is 3.09. The lowest BCUT2D eigenvalue weighted by molar-refractivity contribution is 0.883. The number of hydrogen-bond donors (Lipinski definition) is 0. The van der Waals surface area contributed by atoms with E-state index in [1.807, 2.05) is 42.5 Å². The van der Waals surface area contributed by atoms with Crippen LogP contribution in [-0.2, 0) is 6.42 Å². The fraction of sp³-hybridized carbons (Fsp3) is 0.118. The number of para-hydroxylation sites is 1. The van der Waals surface area contributed by atoms with E-state index in [0.29, 0.717) is 6.42 Å². The molecule has 3 aromatic rings. The molecule has 21 heavy (non-hydrogen) atoms. The quantitative estimate of drug-likeness (QED) is 0.450. The summed E-state index contributed by atoms with van der Waals surface area (Å²) in [6, 6.07) is 18.3. The molecule has 0 spiro atoms. The van der Waals surface area contributed by atoms with E-state index in [1.54, 1.807) is 0 Å². The highest BCUT2D eigenvalue weighted by molar-refractivity contribution is 9.11. The number of hydrogen-bond acceptors (Lipinski definition) is 1. The Hall–Kier alpha value is -0.900. The fourth-order valence-corrected chi connectivity index (χ4v) is 4.07. The number of aromatic nitrogens is 1. The first-order valence-corrected chi connectivity index (χ1v) is 8.59. The molecule has 0 aliphatic carbocycles. The molecule has 0 saturated carbocycles. The van der Waals surface area contributed by atoms with Gasteiger partial charge in [-0.05, 0) is 29.8 Å². The van der Waals surface area contributed by atoms with Gasteiger partial charge in [-0.15, -0.1) is 11.6 Å². The molecular weight excluding hydrogens is 413 g/mol. The molecule has 0 bridgehead atoms. The summed E-state index contributed by atoms with van der Waals surface area (Å²) in [5, 5.41) is 1.04. The Bertz CT molecular complexity index is 789. The van der Waals surface area contributed by atoms with Gasteiger partial charge in [-0.2, -0.15) is 0 Å². The summed E-state index contributed by atoms with van der Waals surface area (Å²) in [4.78, 5) is 4.68. The molecule has 1 aromatic heterocycles. The molecule has 2 aromatic carbocycles. The molecule has 3 rings (SSSR count). The first kappa shape index (κ1) is 15.0. The lowest BCUT2D eigenvalue weighted by Gasteiger charge is -2.12. The van der Waals surface area contributed by atoms with Gasteiger partial charge in [0.1, 0.15) is 0 Å². The summed E-state index contributed by atoms with van der Waals surface area (Å²) in [6.07, 6.45) is 0.701. The monoisotopic (exact) mass is 423 g/mol. The minimum Gasteiger partial charge on any atom is -0.253 e. The standard InChI is InChI=1S/C17H12Br2ClN/c18-12-6-8-14(15(19)9-12)16(20)10-13-7-5-11-3-1-2-4-17(11)21-13/h1-9,16H,10H2. The van der Waals surface area contributed by atoms with Gasteiger partial charge in [0.2, 0.25) is 0 Å². The topological polar surface area (TPSA) is 12.9 Å². The van der Waals surface area contributed by atoms with Crippen LogP contribution in [0.15, 0.2) is 63.5 Å². The third-order valence-corrected chi connectivity index (χ3v) is 4.91. The Morgan fingerprint density at radius 3 is 2.62 bits per heavy atom. The Morgan fingerprint density at radius 2 is 1.81 bits per heavy atom. The van der Waals surface area contributed by atoms with E-state index in [1.165, 1.54) is 0 Å². The highest BCUT2D eigenvalue weighted by atomic mass is 79.9. The molecule has 0 amide bonds. The van der Waals surface area contributed by atoms with E-state index >= 15 is 0 Å². The Kier molecular flexibility index (Phi) is 4.63. The minimum absolute atomic E-state index is 0.110. The van der Waals surface area contributed by atoms with E-state index in [-0.39, 0.29) is 5.38 Å². The normalized spacial score (nSPS) is 12.5. The number of pyridine rings is 1. The van der Waals surface area contributed by atoms with Crippen molar-refractivity contribution in [1.29, 1.82) is 0 Å². The summed E-state index contributed by atoms with van der Waals surface area (Å²) < 4.78 is 2.04. The van der Waals surface area contributed by atoms with Gasteiger partial charge in [0.05, 0.1) is 10.9 Å². The van der Waals surface area contributed by atoms with Gasteiger partial charge in [0.15, 0.2) is 0 Å². The fourth-order valence-electron chi connectivity index (χ4n) is 2.27. The minimum atomic E-state index is -0.110. The van der Waals surface area contributed by atoms with Crippen molar-refractivity contribution < 1.29 is 0 Å². The first-order chi connectivity index (χ1) is 10.1. The van der Waals surface area contributed by atoms with Crippen LogP contribution in [0.3, 0.4) is 0 Å². The molecule has 1 heterocycles. The van der Waals surface area contributed by atoms with E-state index in [4.69, 9.17) is 11.6 Å². The number of halogens is 3. The average molecular weight is 426 g/mol. The van der Waals surface area contributed by atoms with Crippen LogP contribution < -0.4 is 0 Å². The van der Waals surface area contributed by atoms with Gasteiger partial charge < -0.3 is 0 Å². The smallest absolute Gasteiger partial charge is 0.0705 e. The van der Waals surface area contributed by atoms with Crippen molar-refractivity contribution >= 4 is 54.4 Å². The Morgan fingerprint density at radius 1 is 1.00 bits per heavy atom. The molecule has 1 atom stereocenters. The van der Waals surface area contributed by atoms with Crippen LogP contribution in [0.1, 0.15) is 16.6 Å². The second-order valence-corrected chi connectivity index (χ2v) is 7.13. The first-order valence-electron chi connectivity index (χ1n) is 6.57. The van der Waals surface area contributed by atoms with E-state index in [2.05, 4.69) is 49.0 Å². The van der Waals surface area contributed by atoms with Crippen LogP contribution in [0.2, 0.25) is 0 Å². The molecule has 4 heteroatoms. The molecule has 1 nitrogen and oxygen atoms in total. The number of benzene rings is 2. The Labute approximate surface area is 145 Å². The molecule has 0 fully saturated rings. The molecule has 0 saturated heterocycles.